The van der Waals surface area contributed by atoms with Crippen LogP contribution in [0.25, 0.3) is 10.2 Å². The predicted octanol–water partition coefficient (Wildman–Crippen LogP) is 2.81. The summed E-state index contributed by atoms with van der Waals surface area (Å²) in [4.78, 5) is 29.4. The van der Waals surface area contributed by atoms with Crippen LogP contribution in [0.3, 0.4) is 0 Å². The highest BCUT2D eigenvalue weighted by atomic mass is 32.2. The second-order valence-corrected chi connectivity index (χ2v) is 7.65. The van der Waals surface area contributed by atoms with Gasteiger partial charge in [0.15, 0.2) is 4.80 Å². The van der Waals surface area contributed by atoms with Gasteiger partial charge in [-0.25, -0.2) is 4.79 Å². The Kier molecular flexibility index (Phi) is 6.12. The van der Waals surface area contributed by atoms with E-state index in [0.717, 1.165) is 22.5 Å². The molecule has 0 aliphatic heterocycles. The Hall–Kier alpha value is -2.39. The molecule has 27 heavy (non-hydrogen) atoms. The van der Waals surface area contributed by atoms with E-state index in [9.17, 15) is 9.59 Å². The van der Waals surface area contributed by atoms with E-state index in [1.807, 2.05) is 23.8 Å². The molecule has 0 bridgehead atoms. The Bertz CT molecular complexity index is 1050. The fourth-order valence-electron chi connectivity index (χ4n) is 2.71. The first-order chi connectivity index (χ1) is 13.1. The molecule has 3 aromatic rings. The highest BCUT2D eigenvalue weighted by Gasteiger charge is 2.14. The Labute approximate surface area is 164 Å². The summed E-state index contributed by atoms with van der Waals surface area (Å²) in [5.41, 5.74) is 1.88. The number of nitrogens with zero attached hydrogens (tertiary/aromatic N) is 4. The Morgan fingerprint density at radius 1 is 1.33 bits per heavy atom. The van der Waals surface area contributed by atoms with Gasteiger partial charge in [0, 0.05) is 25.0 Å². The van der Waals surface area contributed by atoms with Gasteiger partial charge >= 0.3 is 5.97 Å². The monoisotopic (exact) mass is 404 g/mol. The minimum atomic E-state index is -0.387. The van der Waals surface area contributed by atoms with Crippen molar-refractivity contribution in [1.29, 1.82) is 0 Å². The molecule has 7 nitrogen and oxygen atoms in total. The molecule has 3 rings (SSSR count). The Morgan fingerprint density at radius 2 is 2.15 bits per heavy atom. The first-order valence-corrected chi connectivity index (χ1v) is 10.6. The van der Waals surface area contributed by atoms with Crippen LogP contribution in [0.5, 0.6) is 0 Å². The third kappa shape index (κ3) is 3.98. The molecule has 0 unspecified atom stereocenters. The molecule has 142 valence electrons. The number of methoxy groups -OCH3 is 1. The number of hydrogen-bond donors (Lipinski definition) is 0. The summed E-state index contributed by atoms with van der Waals surface area (Å²) in [7, 11) is 1.36. The van der Waals surface area contributed by atoms with E-state index in [4.69, 9.17) is 4.74 Å². The standard InChI is InChI=1S/C18H20N4O3S2/c1-4-22-14(7-8-19-22)16(23)20-18-21(9-10-26-3)13-6-5-12(17(24)25-2)11-15(13)27-18/h5-8,11H,4,9-10H2,1-3H3. The first-order valence-electron chi connectivity index (χ1n) is 8.40. The minimum Gasteiger partial charge on any atom is -0.465 e. The van der Waals surface area contributed by atoms with E-state index >= 15 is 0 Å². The number of ether oxygens (including phenoxy) is 1. The quantitative estimate of drug-likeness (QED) is 0.591. The minimum absolute atomic E-state index is 0.327. The number of thiazole rings is 1. The number of carbonyl (C=O) groups excluding carboxylic acids is 2. The molecule has 0 saturated heterocycles. The molecule has 0 atom stereocenters. The van der Waals surface area contributed by atoms with Crippen LogP contribution in [0, 0.1) is 0 Å². The van der Waals surface area contributed by atoms with Crippen molar-refractivity contribution in [3.05, 3.63) is 46.5 Å². The molecule has 2 heterocycles. The van der Waals surface area contributed by atoms with Crippen LogP contribution in [0.2, 0.25) is 0 Å². The maximum atomic E-state index is 12.7. The largest absolute Gasteiger partial charge is 0.465 e. The van der Waals surface area contributed by atoms with E-state index < -0.39 is 0 Å². The molecule has 0 fully saturated rings. The van der Waals surface area contributed by atoms with Crippen LogP contribution in [0.15, 0.2) is 35.5 Å². The second kappa shape index (κ2) is 8.53. The van der Waals surface area contributed by atoms with Crippen LogP contribution in [-0.2, 0) is 17.8 Å². The van der Waals surface area contributed by atoms with Crippen molar-refractivity contribution < 1.29 is 14.3 Å². The van der Waals surface area contributed by atoms with Gasteiger partial charge in [-0.05, 0) is 37.4 Å². The number of benzene rings is 1. The SMILES string of the molecule is CCn1nccc1C(=O)N=c1sc2cc(C(=O)OC)ccc2n1CCSC. The third-order valence-electron chi connectivity index (χ3n) is 4.06. The van der Waals surface area contributed by atoms with Crippen molar-refractivity contribution in [2.75, 3.05) is 19.1 Å². The molecule has 0 aliphatic rings. The normalized spacial score (nSPS) is 11.9. The predicted molar refractivity (Wildman–Crippen MR) is 107 cm³/mol. The van der Waals surface area contributed by atoms with Crippen LogP contribution < -0.4 is 4.80 Å². The molecule has 0 N–H and O–H groups in total. The topological polar surface area (TPSA) is 78.5 Å². The van der Waals surface area contributed by atoms with E-state index in [0.29, 0.717) is 22.6 Å². The van der Waals surface area contributed by atoms with Gasteiger partial charge in [-0.1, -0.05) is 11.3 Å². The van der Waals surface area contributed by atoms with Crippen molar-refractivity contribution in [2.45, 2.75) is 20.0 Å². The molecule has 0 saturated carbocycles. The lowest BCUT2D eigenvalue weighted by atomic mass is 10.2. The number of fused-ring (bicyclic) bond motifs is 1. The maximum Gasteiger partial charge on any atom is 0.337 e. The van der Waals surface area contributed by atoms with Gasteiger partial charge in [0.1, 0.15) is 5.69 Å². The molecule has 0 aliphatic carbocycles. The van der Waals surface area contributed by atoms with E-state index in [1.165, 1.54) is 18.4 Å². The molecule has 0 spiro atoms. The van der Waals surface area contributed by atoms with Crippen molar-refractivity contribution in [3.63, 3.8) is 0 Å². The lowest BCUT2D eigenvalue weighted by molar-refractivity contribution is 0.0601. The molecule has 9 heteroatoms. The first kappa shape index (κ1) is 19.4. The number of carbonyl (C=O) groups is 2. The zero-order valence-electron chi connectivity index (χ0n) is 15.3. The summed E-state index contributed by atoms with van der Waals surface area (Å²) in [6, 6.07) is 7.05. The van der Waals surface area contributed by atoms with Gasteiger partial charge in [0.2, 0.25) is 0 Å². The maximum absolute atomic E-state index is 12.7. The third-order valence-corrected chi connectivity index (χ3v) is 5.69. The Balaban J connectivity index is 2.12. The van der Waals surface area contributed by atoms with Gasteiger partial charge in [0.25, 0.3) is 5.91 Å². The van der Waals surface area contributed by atoms with E-state index in [2.05, 4.69) is 10.1 Å². The average molecular weight is 405 g/mol. The summed E-state index contributed by atoms with van der Waals surface area (Å²) in [5, 5.41) is 4.13. The molecule has 0 radical (unpaired) electrons. The zero-order valence-corrected chi connectivity index (χ0v) is 17.0. The number of amides is 1. The summed E-state index contributed by atoms with van der Waals surface area (Å²) >= 11 is 3.10. The number of thioether (sulfide) groups is 1. The van der Waals surface area contributed by atoms with Gasteiger partial charge in [-0.2, -0.15) is 21.9 Å². The number of aromatic nitrogens is 3. The smallest absolute Gasteiger partial charge is 0.337 e. The summed E-state index contributed by atoms with van der Waals surface area (Å²) in [6.07, 6.45) is 3.63. The number of rotatable bonds is 6. The fourth-order valence-corrected chi connectivity index (χ4v) is 4.17. The summed E-state index contributed by atoms with van der Waals surface area (Å²) in [5.74, 6) is 0.174. The van der Waals surface area contributed by atoms with Crippen LogP contribution in [0.4, 0.5) is 0 Å². The molecule has 1 amide bonds. The summed E-state index contributed by atoms with van der Waals surface area (Å²) in [6.45, 7) is 3.25. The summed E-state index contributed by atoms with van der Waals surface area (Å²) < 4.78 is 9.32. The lowest BCUT2D eigenvalue weighted by Crippen LogP contribution is -2.19. The van der Waals surface area contributed by atoms with Gasteiger partial charge in [-0.15, -0.1) is 0 Å². The highest BCUT2D eigenvalue weighted by Crippen LogP contribution is 2.20. The molecule has 1 aromatic carbocycles. The lowest BCUT2D eigenvalue weighted by Gasteiger charge is -2.05. The van der Waals surface area contributed by atoms with Crippen molar-refractivity contribution >= 4 is 45.2 Å². The van der Waals surface area contributed by atoms with E-state index in [-0.39, 0.29) is 11.9 Å². The average Bonchev–Trinajstić information content (AvgIpc) is 3.29. The molecule has 2 aromatic heterocycles. The molecular weight excluding hydrogens is 384 g/mol. The molecular formula is C18H20N4O3S2. The number of aryl methyl sites for hydroxylation is 2. The highest BCUT2D eigenvalue weighted by molar-refractivity contribution is 7.98. The fraction of sp³-hybridized carbons (Fsp3) is 0.333. The Morgan fingerprint density at radius 3 is 2.85 bits per heavy atom. The van der Waals surface area contributed by atoms with Crippen LogP contribution in [0.1, 0.15) is 27.8 Å². The van der Waals surface area contributed by atoms with Gasteiger partial charge in [-0.3, -0.25) is 9.48 Å². The number of hydrogen-bond acceptors (Lipinski definition) is 6. The van der Waals surface area contributed by atoms with Crippen molar-refractivity contribution in [3.8, 4) is 0 Å². The zero-order chi connectivity index (χ0) is 19.4. The van der Waals surface area contributed by atoms with Crippen molar-refractivity contribution in [1.82, 2.24) is 14.3 Å². The van der Waals surface area contributed by atoms with Crippen molar-refractivity contribution in [2.24, 2.45) is 4.99 Å². The van der Waals surface area contributed by atoms with Crippen LogP contribution >= 0.6 is 23.1 Å². The second-order valence-electron chi connectivity index (χ2n) is 5.65. The van der Waals surface area contributed by atoms with E-state index in [1.54, 1.807) is 40.8 Å². The van der Waals surface area contributed by atoms with Gasteiger partial charge < -0.3 is 9.30 Å². The number of esters is 1. The van der Waals surface area contributed by atoms with Gasteiger partial charge in [0.05, 0.1) is 22.9 Å². The van der Waals surface area contributed by atoms with Crippen LogP contribution in [-0.4, -0.2) is 45.3 Å².